The van der Waals surface area contributed by atoms with E-state index < -0.39 is 0 Å². The fourth-order valence-electron chi connectivity index (χ4n) is 4.60. The van der Waals surface area contributed by atoms with Crippen molar-refractivity contribution in [1.29, 1.82) is 5.26 Å². The van der Waals surface area contributed by atoms with Crippen LogP contribution in [0.2, 0.25) is 10.0 Å². The number of likely N-dealkylation sites (N-methyl/N-ethyl adjacent to an activating group) is 1. The molecule has 3 heterocycles. The number of para-hydroxylation sites is 1. The molecule has 2 aliphatic rings. The van der Waals surface area contributed by atoms with E-state index in [1.54, 1.807) is 18.2 Å². The number of carbonyl (C=O) groups excluding carboxylic acids is 1. The number of nitrogens with one attached hydrogen (secondary N) is 1. The van der Waals surface area contributed by atoms with Crippen LogP contribution in [0.3, 0.4) is 0 Å². The summed E-state index contributed by atoms with van der Waals surface area (Å²) < 4.78 is 0. The van der Waals surface area contributed by atoms with Gasteiger partial charge in [0.15, 0.2) is 0 Å². The molecule has 35 heavy (non-hydrogen) atoms. The van der Waals surface area contributed by atoms with Gasteiger partial charge in [-0.25, -0.2) is 9.97 Å². The molecule has 1 amide bonds. The zero-order valence-electron chi connectivity index (χ0n) is 19.4. The van der Waals surface area contributed by atoms with Gasteiger partial charge in [-0.05, 0) is 62.7 Å². The molecule has 1 N–H and O–H groups in total. The second kappa shape index (κ2) is 8.99. The van der Waals surface area contributed by atoms with Crippen LogP contribution in [-0.2, 0) is 12.0 Å². The van der Waals surface area contributed by atoms with Crippen LogP contribution in [-0.4, -0.2) is 40.2 Å². The Morgan fingerprint density at radius 3 is 2.69 bits per heavy atom. The molecule has 0 spiro atoms. The number of carbonyl (C=O) groups is 1. The maximum Gasteiger partial charge on any atom is 0.263 e. The van der Waals surface area contributed by atoms with Crippen LogP contribution in [0.5, 0.6) is 0 Å². The fourth-order valence-corrected chi connectivity index (χ4v) is 6.14. The van der Waals surface area contributed by atoms with Crippen molar-refractivity contribution in [2.75, 3.05) is 29.7 Å². The van der Waals surface area contributed by atoms with Crippen molar-refractivity contribution in [3.63, 3.8) is 0 Å². The van der Waals surface area contributed by atoms with Gasteiger partial charge in [-0.15, -0.1) is 0 Å². The number of hydrogen-bond acceptors (Lipinski definition) is 7. The average Bonchev–Trinajstić information content (AvgIpc) is 2.82. The minimum atomic E-state index is -0.257. The highest BCUT2D eigenvalue weighted by Gasteiger charge is 2.35. The van der Waals surface area contributed by atoms with E-state index in [1.165, 1.54) is 22.9 Å². The second-order valence-electron chi connectivity index (χ2n) is 9.01. The van der Waals surface area contributed by atoms with E-state index >= 15 is 0 Å². The van der Waals surface area contributed by atoms with E-state index in [4.69, 9.17) is 23.2 Å². The first-order chi connectivity index (χ1) is 16.7. The minimum absolute atomic E-state index is 0.229. The summed E-state index contributed by atoms with van der Waals surface area (Å²) in [5.41, 5.74) is 4.22. The van der Waals surface area contributed by atoms with Crippen molar-refractivity contribution in [2.45, 2.75) is 30.8 Å². The van der Waals surface area contributed by atoms with Gasteiger partial charge in [0.25, 0.3) is 5.91 Å². The van der Waals surface area contributed by atoms with Crippen LogP contribution < -0.4 is 10.2 Å². The summed E-state index contributed by atoms with van der Waals surface area (Å²) in [4.78, 5) is 25.9. The van der Waals surface area contributed by atoms with Gasteiger partial charge in [-0.1, -0.05) is 41.0 Å². The molecule has 2 aliphatic heterocycles. The highest BCUT2D eigenvalue weighted by Crippen LogP contribution is 2.40. The lowest BCUT2D eigenvalue weighted by atomic mass is 9.80. The number of aromatic nitrogens is 2. The molecular formula is C25H22Cl2N6OS. The molecule has 0 unspecified atom stereocenters. The Kier molecular flexibility index (Phi) is 6.14. The Labute approximate surface area is 218 Å². The molecule has 7 nitrogen and oxygen atoms in total. The van der Waals surface area contributed by atoms with Gasteiger partial charge in [0.2, 0.25) is 5.95 Å². The van der Waals surface area contributed by atoms with Crippen LogP contribution in [0.1, 0.15) is 40.9 Å². The number of halogens is 2. The third kappa shape index (κ3) is 4.13. The van der Waals surface area contributed by atoms with E-state index in [0.717, 1.165) is 29.8 Å². The van der Waals surface area contributed by atoms with Crippen molar-refractivity contribution in [3.05, 3.63) is 68.8 Å². The summed E-state index contributed by atoms with van der Waals surface area (Å²) in [5, 5.41) is 14.5. The normalized spacial score (nSPS) is 16.9. The summed E-state index contributed by atoms with van der Waals surface area (Å²) in [6.07, 6.45) is 2.37. The molecule has 3 aromatic rings. The fraction of sp³-hybridized carbons (Fsp3) is 0.280. The number of nitrogens with zero attached hydrogens (tertiary/aromatic N) is 5. The monoisotopic (exact) mass is 524 g/mol. The van der Waals surface area contributed by atoms with Crippen molar-refractivity contribution in [2.24, 2.45) is 0 Å². The standard InChI is InChI=1S/C25H22Cl2N6OS/c1-25(2)20-14(7-8-32(25)3)9-16(10-15(20)11-28)30-24-29-12-17-22(31-24)35-13-33(23(17)34)21-18(26)5-4-6-19(21)27/h4-6,9-10,12H,7-8,13H2,1-3H3,(H,29,30,31). The van der Waals surface area contributed by atoms with Crippen LogP contribution in [0.15, 0.2) is 41.6 Å². The van der Waals surface area contributed by atoms with Crippen LogP contribution >= 0.6 is 35.0 Å². The molecule has 178 valence electrons. The second-order valence-corrected chi connectivity index (χ2v) is 10.8. The molecule has 0 atom stereocenters. The van der Waals surface area contributed by atoms with Gasteiger partial charge in [-0.2, -0.15) is 5.26 Å². The minimum Gasteiger partial charge on any atom is -0.324 e. The summed E-state index contributed by atoms with van der Waals surface area (Å²) >= 11 is 14.0. The number of rotatable bonds is 3. The van der Waals surface area contributed by atoms with Gasteiger partial charge in [0.05, 0.1) is 38.8 Å². The maximum absolute atomic E-state index is 13.2. The van der Waals surface area contributed by atoms with E-state index in [0.29, 0.717) is 43.7 Å². The maximum atomic E-state index is 13.2. The van der Waals surface area contributed by atoms with Crippen molar-refractivity contribution in [1.82, 2.24) is 14.9 Å². The molecule has 0 bridgehead atoms. The van der Waals surface area contributed by atoms with Gasteiger partial charge < -0.3 is 5.32 Å². The molecule has 0 radical (unpaired) electrons. The van der Waals surface area contributed by atoms with Crippen LogP contribution in [0, 0.1) is 11.3 Å². The molecular weight excluding hydrogens is 503 g/mol. The Morgan fingerprint density at radius 1 is 1.23 bits per heavy atom. The molecule has 0 saturated heterocycles. The summed E-state index contributed by atoms with van der Waals surface area (Å²) in [5.74, 6) is 0.433. The quantitative estimate of drug-likeness (QED) is 0.431. The molecule has 5 rings (SSSR count). The van der Waals surface area contributed by atoms with E-state index in [9.17, 15) is 10.1 Å². The SMILES string of the molecule is CN1CCc2cc(Nc3ncc4c(n3)SCN(c3c(Cl)cccc3Cl)C4=O)cc(C#N)c2C1(C)C. The van der Waals surface area contributed by atoms with E-state index in [1.807, 2.05) is 6.07 Å². The first kappa shape index (κ1) is 23.9. The molecule has 0 saturated carbocycles. The number of anilines is 3. The third-order valence-electron chi connectivity index (χ3n) is 6.65. The predicted molar refractivity (Wildman–Crippen MR) is 140 cm³/mol. The number of thioether (sulfide) groups is 1. The van der Waals surface area contributed by atoms with E-state index in [2.05, 4.69) is 53.2 Å². The molecule has 1 aromatic heterocycles. The highest BCUT2D eigenvalue weighted by molar-refractivity contribution is 7.99. The lowest BCUT2D eigenvalue weighted by Gasteiger charge is -2.42. The largest absolute Gasteiger partial charge is 0.324 e. The van der Waals surface area contributed by atoms with Crippen molar-refractivity contribution >= 4 is 58.2 Å². The third-order valence-corrected chi connectivity index (χ3v) is 8.23. The Morgan fingerprint density at radius 2 is 1.97 bits per heavy atom. The number of benzene rings is 2. The molecule has 10 heteroatoms. The van der Waals surface area contributed by atoms with Gasteiger partial charge in [-0.3, -0.25) is 14.6 Å². The van der Waals surface area contributed by atoms with Gasteiger partial charge >= 0.3 is 0 Å². The van der Waals surface area contributed by atoms with Crippen LogP contribution in [0.4, 0.5) is 17.3 Å². The molecule has 0 fully saturated rings. The zero-order chi connectivity index (χ0) is 24.9. The Hall–Kier alpha value is -2.83. The smallest absolute Gasteiger partial charge is 0.263 e. The number of hydrogen-bond donors (Lipinski definition) is 1. The first-order valence-electron chi connectivity index (χ1n) is 11.0. The lowest BCUT2D eigenvalue weighted by Crippen LogP contribution is -2.44. The predicted octanol–water partition coefficient (Wildman–Crippen LogP) is 5.83. The zero-order valence-corrected chi connectivity index (χ0v) is 21.7. The molecule has 0 aliphatic carbocycles. The summed E-state index contributed by atoms with van der Waals surface area (Å²) in [7, 11) is 2.08. The first-order valence-corrected chi connectivity index (χ1v) is 12.8. The van der Waals surface area contributed by atoms with Gasteiger partial charge in [0.1, 0.15) is 5.03 Å². The topological polar surface area (TPSA) is 85.2 Å². The van der Waals surface area contributed by atoms with E-state index in [-0.39, 0.29) is 11.4 Å². The lowest BCUT2D eigenvalue weighted by molar-refractivity contribution is 0.0985. The van der Waals surface area contributed by atoms with Crippen molar-refractivity contribution < 1.29 is 4.79 Å². The van der Waals surface area contributed by atoms with Crippen LogP contribution in [0.25, 0.3) is 0 Å². The average molecular weight is 525 g/mol. The van der Waals surface area contributed by atoms with Crippen molar-refractivity contribution in [3.8, 4) is 6.07 Å². The summed E-state index contributed by atoms with van der Waals surface area (Å²) in [6.45, 7) is 5.19. The highest BCUT2D eigenvalue weighted by atomic mass is 35.5. The Balaban J connectivity index is 1.44. The Bertz CT molecular complexity index is 1380. The number of nitriles is 1. The number of amides is 1. The molecule has 2 aromatic carbocycles. The van der Waals surface area contributed by atoms with Gasteiger partial charge in [0, 0.05) is 24.0 Å². The summed E-state index contributed by atoms with van der Waals surface area (Å²) in [6, 6.07) is 11.4. The number of fused-ring (bicyclic) bond motifs is 2.